The summed E-state index contributed by atoms with van der Waals surface area (Å²) in [7, 11) is 0. The van der Waals surface area contributed by atoms with E-state index in [0.29, 0.717) is 62.8 Å². The lowest BCUT2D eigenvalue weighted by molar-refractivity contribution is -0.175. The van der Waals surface area contributed by atoms with Gasteiger partial charge in [-0.3, -0.25) is 4.79 Å². The third-order valence-corrected chi connectivity index (χ3v) is 15.8. The Balaban J connectivity index is 1.07. The van der Waals surface area contributed by atoms with Gasteiger partial charge in [0.2, 0.25) is 5.78 Å². The number of alkyl halides is 3. The number of aliphatic hydroxyl groups is 2. The van der Waals surface area contributed by atoms with E-state index in [2.05, 4.69) is 32.1 Å². The van der Waals surface area contributed by atoms with E-state index in [1.54, 1.807) is 11.0 Å². The number of ketones is 1. The van der Waals surface area contributed by atoms with Crippen molar-refractivity contribution in [1.29, 1.82) is 0 Å². The number of Topliss-reactive ketones (excluding diaryl/α,β-unsaturated/α-hetero) is 1. The van der Waals surface area contributed by atoms with Crippen molar-refractivity contribution in [3.8, 4) is 17.1 Å². The highest BCUT2D eigenvalue weighted by atomic mass is 35.5. The SMILES string of the molecule is CCCN(CC1(O)CCC2C34C=CC5(C=C3C(=O)c3ccc(-c6cc(C(F)(F)F)ccc6Cl)o3)CC(O)CCC5(C)C4CCC21C)C(=O)Oc1ccc2ccccc2c1. The summed E-state index contributed by atoms with van der Waals surface area (Å²) in [6, 6.07) is 19.3. The Bertz CT molecular complexity index is 2420. The van der Waals surface area contributed by atoms with Crippen LogP contribution in [-0.4, -0.2) is 51.8 Å². The summed E-state index contributed by atoms with van der Waals surface area (Å²) in [6.07, 6.45) is 5.65. The van der Waals surface area contributed by atoms with Crippen LogP contribution in [0.25, 0.3) is 22.1 Å². The summed E-state index contributed by atoms with van der Waals surface area (Å²) >= 11 is 6.39. The molecule has 59 heavy (non-hydrogen) atoms. The Morgan fingerprint density at radius 3 is 2.41 bits per heavy atom. The van der Waals surface area contributed by atoms with E-state index < -0.39 is 45.8 Å². The highest BCUT2D eigenvalue weighted by molar-refractivity contribution is 6.33. The molecule has 7 nitrogen and oxygen atoms in total. The molecule has 11 heteroatoms. The van der Waals surface area contributed by atoms with E-state index in [9.17, 15) is 28.2 Å². The molecule has 0 radical (unpaired) electrons. The Morgan fingerprint density at radius 1 is 0.915 bits per heavy atom. The number of nitrogens with zero attached hydrogens (tertiary/aromatic N) is 1. The molecular formula is C48H49ClF3NO6. The molecule has 2 bridgehead atoms. The fraction of sp³-hybridized carbons (Fsp3) is 0.458. The van der Waals surface area contributed by atoms with E-state index >= 15 is 4.79 Å². The maximum Gasteiger partial charge on any atom is 0.416 e. The normalized spacial score (nSPS) is 33.2. The van der Waals surface area contributed by atoms with Crippen LogP contribution in [0.15, 0.2) is 101 Å². The number of allylic oxidation sites excluding steroid dienone is 4. The van der Waals surface area contributed by atoms with Crippen LogP contribution in [0.1, 0.15) is 88.3 Å². The minimum Gasteiger partial charge on any atom is -0.453 e. The first-order chi connectivity index (χ1) is 28.0. The van der Waals surface area contributed by atoms with Gasteiger partial charge in [-0.2, -0.15) is 13.2 Å². The third kappa shape index (κ3) is 5.98. The summed E-state index contributed by atoms with van der Waals surface area (Å²) in [5, 5.41) is 26.1. The van der Waals surface area contributed by atoms with Gasteiger partial charge >= 0.3 is 12.3 Å². The topological polar surface area (TPSA) is 100 Å². The lowest BCUT2D eigenvalue weighted by Gasteiger charge is -2.71. The number of amides is 1. The number of carbonyl (C=O) groups is 2. The van der Waals surface area contributed by atoms with Crippen molar-refractivity contribution in [1.82, 2.24) is 4.90 Å². The minimum absolute atomic E-state index is 0.00571. The van der Waals surface area contributed by atoms with E-state index in [1.807, 2.05) is 43.3 Å². The molecule has 6 aliphatic rings. The molecule has 310 valence electrons. The predicted molar refractivity (Wildman–Crippen MR) is 219 cm³/mol. The Labute approximate surface area is 346 Å². The number of benzene rings is 3. The van der Waals surface area contributed by atoms with Crippen LogP contribution in [0.2, 0.25) is 5.02 Å². The molecular weight excluding hydrogens is 779 g/mol. The van der Waals surface area contributed by atoms with Crippen LogP contribution in [0.5, 0.6) is 5.75 Å². The third-order valence-electron chi connectivity index (χ3n) is 15.5. The van der Waals surface area contributed by atoms with Gasteiger partial charge in [0.15, 0.2) is 5.76 Å². The van der Waals surface area contributed by atoms with Gasteiger partial charge in [0.05, 0.1) is 28.8 Å². The van der Waals surface area contributed by atoms with Crippen molar-refractivity contribution in [2.75, 3.05) is 13.1 Å². The number of halogens is 4. The lowest BCUT2D eigenvalue weighted by Crippen LogP contribution is -2.67. The van der Waals surface area contributed by atoms with E-state index in [1.165, 1.54) is 18.2 Å². The number of hydrogen-bond acceptors (Lipinski definition) is 6. The molecule has 0 saturated heterocycles. The van der Waals surface area contributed by atoms with Gasteiger partial charge in [-0.15, -0.1) is 0 Å². The predicted octanol–water partition coefficient (Wildman–Crippen LogP) is 11.5. The number of carbonyl (C=O) groups excluding carboxylic acids is 2. The number of aliphatic hydroxyl groups excluding tert-OH is 1. The van der Waals surface area contributed by atoms with Crippen molar-refractivity contribution in [2.45, 2.75) is 90.0 Å². The molecule has 2 N–H and O–H groups in total. The zero-order chi connectivity index (χ0) is 41.8. The second-order valence-electron chi connectivity index (χ2n) is 18.3. The zero-order valence-electron chi connectivity index (χ0n) is 33.4. The van der Waals surface area contributed by atoms with Crippen molar-refractivity contribution in [3.05, 3.63) is 113 Å². The molecule has 3 fully saturated rings. The average Bonchev–Trinajstić information content (AvgIpc) is 3.79. The van der Waals surface area contributed by atoms with E-state index in [4.69, 9.17) is 20.8 Å². The first kappa shape index (κ1) is 40.0. The summed E-state index contributed by atoms with van der Waals surface area (Å²) in [4.78, 5) is 30.7. The molecule has 6 aliphatic carbocycles. The summed E-state index contributed by atoms with van der Waals surface area (Å²) in [5.41, 5.74) is -4.08. The van der Waals surface area contributed by atoms with Crippen LogP contribution < -0.4 is 4.74 Å². The van der Waals surface area contributed by atoms with Crippen molar-refractivity contribution >= 4 is 34.2 Å². The van der Waals surface area contributed by atoms with Gasteiger partial charge in [0.1, 0.15) is 11.5 Å². The summed E-state index contributed by atoms with van der Waals surface area (Å²) in [5.74, 6) is -0.142. The molecule has 8 atom stereocenters. The molecule has 3 saturated carbocycles. The molecule has 4 aromatic rings. The average molecular weight is 828 g/mol. The van der Waals surface area contributed by atoms with Gasteiger partial charge in [0, 0.05) is 33.9 Å². The Morgan fingerprint density at radius 2 is 1.64 bits per heavy atom. The largest absolute Gasteiger partial charge is 0.453 e. The number of rotatable bonds is 8. The molecule has 8 unspecified atom stereocenters. The number of ether oxygens (including phenoxy) is 1. The van der Waals surface area contributed by atoms with Crippen LogP contribution >= 0.6 is 11.6 Å². The Hall–Kier alpha value is -4.38. The molecule has 1 heterocycles. The first-order valence-corrected chi connectivity index (χ1v) is 21.2. The highest BCUT2D eigenvalue weighted by Gasteiger charge is 2.74. The fourth-order valence-corrected chi connectivity index (χ4v) is 12.7. The van der Waals surface area contributed by atoms with Crippen LogP contribution in [0, 0.1) is 33.5 Å². The van der Waals surface area contributed by atoms with Gasteiger partial charge in [-0.25, -0.2) is 4.79 Å². The molecule has 2 spiro atoms. The van der Waals surface area contributed by atoms with E-state index in [0.717, 1.165) is 29.3 Å². The van der Waals surface area contributed by atoms with Gasteiger partial charge in [-0.1, -0.05) is 80.9 Å². The second kappa shape index (κ2) is 13.8. The van der Waals surface area contributed by atoms with Crippen molar-refractivity contribution < 1.29 is 42.1 Å². The van der Waals surface area contributed by atoms with Crippen LogP contribution in [0.3, 0.4) is 0 Å². The molecule has 3 aromatic carbocycles. The van der Waals surface area contributed by atoms with Crippen LogP contribution in [-0.2, 0) is 6.18 Å². The van der Waals surface area contributed by atoms with Gasteiger partial charge < -0.3 is 24.3 Å². The number of furan rings is 1. The van der Waals surface area contributed by atoms with Gasteiger partial charge in [-0.05, 0) is 122 Å². The number of hydrogen-bond donors (Lipinski definition) is 2. The number of fused-ring (bicyclic) bond motifs is 2. The van der Waals surface area contributed by atoms with Crippen molar-refractivity contribution in [3.63, 3.8) is 0 Å². The molecule has 1 aromatic heterocycles. The molecule has 0 aliphatic heterocycles. The monoisotopic (exact) mass is 827 g/mol. The highest BCUT2D eigenvalue weighted by Crippen LogP contribution is 2.78. The van der Waals surface area contributed by atoms with Crippen molar-refractivity contribution in [2.24, 2.45) is 33.5 Å². The fourth-order valence-electron chi connectivity index (χ4n) is 12.4. The summed E-state index contributed by atoms with van der Waals surface area (Å²) < 4.78 is 53.2. The van der Waals surface area contributed by atoms with Crippen LogP contribution in [0.4, 0.5) is 18.0 Å². The molecule has 10 rings (SSSR count). The standard InChI is InChI=1S/C48H49ClF3NO6/c1-4-23-53(42(56)58-33-11-9-29-7-5-6-8-30(29)24-33)28-46(57)20-17-40-44(46,3)19-16-39-43(2)18-15-32(54)26-45(43)21-22-47(39,40)35(27-45)41(55)38-14-13-37(59-38)34-25-31(48(50,51)52)10-12-36(34)49/h5-14,21-22,24-25,27,32,39-40,54,57H,4,15-20,23,26,28H2,1-3H3. The van der Waals surface area contributed by atoms with Gasteiger partial charge in [0.25, 0.3) is 0 Å². The smallest absolute Gasteiger partial charge is 0.416 e. The maximum absolute atomic E-state index is 15.1. The van der Waals surface area contributed by atoms with E-state index in [-0.39, 0.29) is 51.7 Å². The Kier molecular flexibility index (Phi) is 9.39. The summed E-state index contributed by atoms with van der Waals surface area (Å²) in [6.45, 7) is 6.82. The second-order valence-corrected chi connectivity index (χ2v) is 18.7. The zero-order valence-corrected chi connectivity index (χ0v) is 34.2. The lowest BCUT2D eigenvalue weighted by atomic mass is 9.32. The quantitative estimate of drug-likeness (QED) is 0.136. The minimum atomic E-state index is -4.60. The maximum atomic E-state index is 15.1. The molecule has 1 amide bonds. The first-order valence-electron chi connectivity index (χ1n) is 20.8.